The van der Waals surface area contributed by atoms with Crippen LogP contribution < -0.4 is 0 Å². The van der Waals surface area contributed by atoms with Gasteiger partial charge in [-0.1, -0.05) is 0 Å². The summed E-state index contributed by atoms with van der Waals surface area (Å²) < 4.78 is 5.05. The highest BCUT2D eigenvalue weighted by Crippen LogP contribution is 2.07. The third-order valence-corrected chi connectivity index (χ3v) is 1.59. The van der Waals surface area contributed by atoms with Crippen molar-refractivity contribution in [1.29, 1.82) is 0 Å². The summed E-state index contributed by atoms with van der Waals surface area (Å²) in [5.74, 6) is 0. The number of rotatable bonds is 8. The van der Waals surface area contributed by atoms with Crippen molar-refractivity contribution in [2.75, 3.05) is 20.3 Å². The minimum Gasteiger partial charge on any atom is -0.394 e. The van der Waals surface area contributed by atoms with Crippen molar-refractivity contribution < 1.29 is 29.5 Å². The Morgan fingerprint density at radius 3 is 2.50 bits per heavy atom. The van der Waals surface area contributed by atoms with Gasteiger partial charge in [0.1, 0.15) is 12.2 Å². The first-order chi connectivity index (χ1) is 6.71. The zero-order chi connectivity index (χ0) is 11.0. The van der Waals surface area contributed by atoms with Crippen molar-refractivity contribution in [3.8, 4) is 0 Å². The van der Waals surface area contributed by atoms with Crippen molar-refractivity contribution in [1.82, 2.24) is 0 Å². The Morgan fingerprint density at radius 2 is 2.14 bits per heavy atom. The first-order valence-electron chi connectivity index (χ1n) is 4.26. The molecule has 0 saturated heterocycles. The van der Waals surface area contributed by atoms with Crippen LogP contribution in [0.3, 0.4) is 0 Å². The van der Waals surface area contributed by atoms with E-state index in [0.29, 0.717) is 12.9 Å². The van der Waals surface area contributed by atoms with E-state index >= 15 is 0 Å². The van der Waals surface area contributed by atoms with E-state index in [1.165, 1.54) is 7.11 Å². The summed E-state index contributed by atoms with van der Waals surface area (Å²) in [6.45, 7) is 1.48. The van der Waals surface area contributed by atoms with Gasteiger partial charge in [-0.05, 0) is 6.92 Å². The number of aldehydes is 1. The molecule has 6 nitrogen and oxygen atoms in total. The van der Waals surface area contributed by atoms with Gasteiger partial charge in [-0.2, -0.15) is 0 Å². The Kier molecular flexibility index (Phi) is 7.54. The van der Waals surface area contributed by atoms with Crippen molar-refractivity contribution >= 4 is 6.29 Å². The molecule has 0 rings (SSSR count). The zero-order valence-corrected chi connectivity index (χ0v) is 8.25. The van der Waals surface area contributed by atoms with Crippen molar-refractivity contribution in [2.45, 2.75) is 25.2 Å². The van der Waals surface area contributed by atoms with Gasteiger partial charge in [0.15, 0.2) is 12.4 Å². The number of aliphatic hydroxyl groups is 2. The minimum atomic E-state index is -1.18. The van der Waals surface area contributed by atoms with E-state index in [0.717, 1.165) is 0 Å². The number of ether oxygens (including phenoxy) is 1. The molecule has 0 spiro atoms. The van der Waals surface area contributed by atoms with Crippen molar-refractivity contribution in [3.05, 3.63) is 0 Å². The molecule has 0 aromatic heterocycles. The lowest BCUT2D eigenvalue weighted by molar-refractivity contribution is -0.316. The van der Waals surface area contributed by atoms with Crippen LogP contribution in [0.15, 0.2) is 0 Å². The van der Waals surface area contributed by atoms with E-state index in [4.69, 9.17) is 9.84 Å². The van der Waals surface area contributed by atoms with Gasteiger partial charge >= 0.3 is 0 Å². The van der Waals surface area contributed by atoms with Gasteiger partial charge in [0, 0.05) is 6.61 Å². The molecule has 0 aliphatic rings. The number of hydrogen-bond donors (Lipinski definition) is 2. The maximum Gasteiger partial charge on any atom is 0.176 e. The van der Waals surface area contributed by atoms with Gasteiger partial charge in [0.2, 0.25) is 0 Å². The standard InChI is InChI=1S/C8H16O6/c1-3-13-8(6(11)4-9)7(5-10)14-12-2/h5-9,11H,3-4H2,1-2H3/t6-,7+,8-/m1/s1. The van der Waals surface area contributed by atoms with Crippen LogP contribution in [0, 0.1) is 0 Å². The Bertz CT molecular complexity index is 151. The largest absolute Gasteiger partial charge is 0.394 e. The molecule has 3 atom stereocenters. The van der Waals surface area contributed by atoms with Gasteiger partial charge in [-0.15, -0.1) is 0 Å². The second kappa shape index (κ2) is 7.84. The molecule has 6 heteroatoms. The Labute approximate surface area is 82.3 Å². The number of aliphatic hydroxyl groups excluding tert-OH is 2. The Morgan fingerprint density at radius 1 is 1.50 bits per heavy atom. The first kappa shape index (κ1) is 13.5. The molecule has 2 N–H and O–H groups in total. The Balaban J connectivity index is 4.33. The second-order valence-electron chi connectivity index (χ2n) is 2.53. The first-order valence-corrected chi connectivity index (χ1v) is 4.26. The van der Waals surface area contributed by atoms with Crippen LogP contribution in [0.25, 0.3) is 0 Å². The molecule has 0 radical (unpaired) electrons. The summed E-state index contributed by atoms with van der Waals surface area (Å²) in [4.78, 5) is 19.4. The summed E-state index contributed by atoms with van der Waals surface area (Å²) in [5.41, 5.74) is 0. The minimum absolute atomic E-state index is 0.291. The molecule has 84 valence electrons. The lowest BCUT2D eigenvalue weighted by Gasteiger charge is -2.24. The number of carbonyl (C=O) groups excluding carboxylic acids is 1. The molecular formula is C8H16O6. The van der Waals surface area contributed by atoms with Gasteiger partial charge in [-0.25, -0.2) is 9.78 Å². The van der Waals surface area contributed by atoms with Gasteiger partial charge in [0.25, 0.3) is 0 Å². The van der Waals surface area contributed by atoms with E-state index in [1.54, 1.807) is 6.92 Å². The van der Waals surface area contributed by atoms with E-state index < -0.39 is 24.9 Å². The fourth-order valence-electron chi connectivity index (χ4n) is 0.987. The average Bonchev–Trinajstić information content (AvgIpc) is 2.22. The highest BCUT2D eigenvalue weighted by molar-refractivity contribution is 5.57. The summed E-state index contributed by atoms with van der Waals surface area (Å²) in [6, 6.07) is 0. The van der Waals surface area contributed by atoms with Crippen LogP contribution in [-0.4, -0.2) is 55.1 Å². The van der Waals surface area contributed by atoms with E-state index in [2.05, 4.69) is 9.78 Å². The topological polar surface area (TPSA) is 85.2 Å². The van der Waals surface area contributed by atoms with Crippen LogP contribution in [0.5, 0.6) is 0 Å². The van der Waals surface area contributed by atoms with Gasteiger partial charge in [-0.3, -0.25) is 0 Å². The van der Waals surface area contributed by atoms with Crippen molar-refractivity contribution in [3.63, 3.8) is 0 Å². The molecule has 0 aromatic carbocycles. The average molecular weight is 208 g/mol. The molecule has 0 bridgehead atoms. The molecule has 0 unspecified atom stereocenters. The molecule has 0 aromatic rings. The van der Waals surface area contributed by atoms with Crippen LogP contribution in [0.4, 0.5) is 0 Å². The monoisotopic (exact) mass is 208 g/mol. The fraction of sp³-hybridized carbons (Fsp3) is 0.875. The van der Waals surface area contributed by atoms with E-state index in [1.807, 2.05) is 0 Å². The number of carbonyl (C=O) groups is 1. The quantitative estimate of drug-likeness (QED) is 0.299. The zero-order valence-electron chi connectivity index (χ0n) is 8.25. The third kappa shape index (κ3) is 4.12. The molecule has 0 heterocycles. The van der Waals surface area contributed by atoms with Gasteiger partial charge in [0.05, 0.1) is 13.7 Å². The van der Waals surface area contributed by atoms with E-state index in [9.17, 15) is 9.90 Å². The maximum atomic E-state index is 10.6. The predicted octanol–water partition coefficient (Wildman–Crippen LogP) is -1.11. The van der Waals surface area contributed by atoms with Crippen LogP contribution >= 0.6 is 0 Å². The Hall–Kier alpha value is -0.530. The van der Waals surface area contributed by atoms with Crippen LogP contribution in [0.2, 0.25) is 0 Å². The lowest BCUT2D eigenvalue weighted by atomic mass is 10.1. The van der Waals surface area contributed by atoms with E-state index in [-0.39, 0.29) is 0 Å². The highest BCUT2D eigenvalue weighted by Gasteiger charge is 2.30. The summed E-state index contributed by atoms with van der Waals surface area (Å²) in [5, 5.41) is 18.0. The van der Waals surface area contributed by atoms with Gasteiger partial charge < -0.3 is 19.7 Å². The smallest absolute Gasteiger partial charge is 0.176 e. The molecule has 0 aliphatic heterocycles. The summed E-state index contributed by atoms with van der Waals surface area (Å²) in [7, 11) is 1.24. The van der Waals surface area contributed by atoms with Crippen molar-refractivity contribution in [2.24, 2.45) is 0 Å². The predicted molar refractivity (Wildman–Crippen MR) is 46.5 cm³/mol. The molecule has 0 fully saturated rings. The number of hydrogen-bond acceptors (Lipinski definition) is 6. The lowest BCUT2D eigenvalue weighted by Crippen LogP contribution is -2.44. The molecular weight excluding hydrogens is 192 g/mol. The highest BCUT2D eigenvalue weighted by atomic mass is 17.2. The van der Waals surface area contributed by atoms with Crippen LogP contribution in [-0.2, 0) is 19.3 Å². The molecule has 0 aliphatic carbocycles. The second-order valence-corrected chi connectivity index (χ2v) is 2.53. The van der Waals surface area contributed by atoms with Crippen LogP contribution in [0.1, 0.15) is 6.92 Å². The molecule has 0 saturated carbocycles. The SMILES string of the molecule is CCO[C@H]([C@H](O)CO)[C@H](C=O)OOC. The summed E-state index contributed by atoms with van der Waals surface area (Å²) in [6.07, 6.45) is -2.72. The maximum absolute atomic E-state index is 10.6. The third-order valence-electron chi connectivity index (χ3n) is 1.59. The molecule has 0 amide bonds. The molecule has 14 heavy (non-hydrogen) atoms. The fourth-order valence-corrected chi connectivity index (χ4v) is 0.987. The normalized spacial score (nSPS) is 17.4. The summed E-state index contributed by atoms with van der Waals surface area (Å²) >= 11 is 0.